The summed E-state index contributed by atoms with van der Waals surface area (Å²) in [5, 5.41) is 3.93. The number of thioether (sulfide) groups is 1. The van der Waals surface area contributed by atoms with Crippen molar-refractivity contribution in [1.82, 2.24) is 5.32 Å². The van der Waals surface area contributed by atoms with Crippen LogP contribution in [-0.4, -0.2) is 17.5 Å². The fourth-order valence-corrected chi connectivity index (χ4v) is 2.60. The Balaban J connectivity index is 2.84. The highest BCUT2D eigenvalue weighted by Crippen LogP contribution is 2.24. The number of hydrogen-bond acceptors (Lipinski definition) is 2. The molecule has 1 atom stereocenters. The van der Waals surface area contributed by atoms with Gasteiger partial charge in [-0.15, -0.1) is 0 Å². The molecule has 17 heavy (non-hydrogen) atoms. The van der Waals surface area contributed by atoms with E-state index in [1.165, 1.54) is 0 Å². The minimum Gasteiger partial charge on any atom is -0.309 e. The molecule has 0 aromatic heterocycles. The monoisotopic (exact) mass is 255 g/mol. The highest BCUT2D eigenvalue weighted by Gasteiger charge is 2.15. The van der Waals surface area contributed by atoms with Crippen LogP contribution in [-0.2, 0) is 0 Å². The van der Waals surface area contributed by atoms with E-state index in [1.807, 2.05) is 30.8 Å². The van der Waals surface area contributed by atoms with Crippen LogP contribution in [0.4, 0.5) is 4.39 Å². The minimum absolute atomic E-state index is 0.104. The molecule has 0 bridgehead atoms. The minimum atomic E-state index is -0.106. The van der Waals surface area contributed by atoms with Crippen LogP contribution in [0.2, 0.25) is 0 Å². The van der Waals surface area contributed by atoms with Crippen molar-refractivity contribution < 1.29 is 4.39 Å². The topological polar surface area (TPSA) is 12.0 Å². The number of nitrogens with one attached hydrogen (secondary N) is 1. The largest absolute Gasteiger partial charge is 0.309 e. The third-order valence-electron chi connectivity index (χ3n) is 2.57. The smallest absolute Gasteiger partial charge is 0.128 e. The Bertz CT molecular complexity index is 352. The third-order valence-corrected chi connectivity index (χ3v) is 3.77. The van der Waals surface area contributed by atoms with Crippen molar-refractivity contribution in [2.24, 2.45) is 0 Å². The van der Waals surface area contributed by atoms with Gasteiger partial charge in [0.2, 0.25) is 0 Å². The van der Waals surface area contributed by atoms with E-state index >= 15 is 0 Å². The van der Waals surface area contributed by atoms with Gasteiger partial charge in [0.25, 0.3) is 0 Å². The molecule has 1 rings (SSSR count). The number of aryl methyl sites for hydroxylation is 1. The van der Waals surface area contributed by atoms with Gasteiger partial charge in [0.1, 0.15) is 5.82 Å². The predicted octanol–water partition coefficient (Wildman–Crippen LogP) is 3.93. The maximum atomic E-state index is 13.8. The fraction of sp³-hybridized carbons (Fsp3) is 0.571. The quantitative estimate of drug-likeness (QED) is 0.826. The molecule has 1 aromatic rings. The summed E-state index contributed by atoms with van der Waals surface area (Å²) in [6.45, 7) is 9.25. The summed E-state index contributed by atoms with van der Waals surface area (Å²) in [6.07, 6.45) is 0. The highest BCUT2D eigenvalue weighted by atomic mass is 32.2. The highest BCUT2D eigenvalue weighted by molar-refractivity contribution is 7.99. The molecule has 3 heteroatoms. The third kappa shape index (κ3) is 4.68. The zero-order valence-corrected chi connectivity index (χ0v) is 11.9. The molecule has 0 spiro atoms. The van der Waals surface area contributed by atoms with Gasteiger partial charge in [-0.2, -0.15) is 11.8 Å². The van der Waals surface area contributed by atoms with Crippen LogP contribution in [0.15, 0.2) is 18.2 Å². The average molecular weight is 255 g/mol. The lowest BCUT2D eigenvalue weighted by Gasteiger charge is -2.20. The summed E-state index contributed by atoms with van der Waals surface area (Å²) in [5.74, 6) is 0.803. The standard InChI is InChI=1S/C14H22FNS/c1-5-16-14(9-17-10(2)3)12-8-11(4)6-7-13(12)15/h6-8,10,14,16H,5,9H2,1-4H3. The van der Waals surface area contributed by atoms with Crippen LogP contribution >= 0.6 is 11.8 Å². The number of benzene rings is 1. The summed E-state index contributed by atoms with van der Waals surface area (Å²) in [7, 11) is 0. The Hall–Kier alpha value is -0.540. The summed E-state index contributed by atoms with van der Waals surface area (Å²) >= 11 is 1.86. The van der Waals surface area contributed by atoms with Crippen LogP contribution in [0.3, 0.4) is 0 Å². The summed E-state index contributed by atoms with van der Waals surface area (Å²) in [4.78, 5) is 0. The molecule has 0 aliphatic heterocycles. The van der Waals surface area contributed by atoms with Crippen molar-refractivity contribution in [1.29, 1.82) is 0 Å². The molecule has 0 aliphatic rings. The first-order valence-corrected chi connectivity index (χ1v) is 7.20. The van der Waals surface area contributed by atoms with Crippen LogP contribution in [0, 0.1) is 12.7 Å². The maximum absolute atomic E-state index is 13.8. The van der Waals surface area contributed by atoms with Gasteiger partial charge < -0.3 is 5.32 Å². The molecule has 96 valence electrons. The molecule has 0 saturated carbocycles. The molecule has 0 amide bonds. The second-order valence-electron chi connectivity index (χ2n) is 4.52. The molecular formula is C14H22FNS. The van der Waals surface area contributed by atoms with Crippen molar-refractivity contribution in [2.75, 3.05) is 12.3 Å². The van der Waals surface area contributed by atoms with E-state index in [2.05, 4.69) is 26.1 Å². The molecule has 1 nitrogen and oxygen atoms in total. The van der Waals surface area contributed by atoms with Gasteiger partial charge in [0.05, 0.1) is 0 Å². The van der Waals surface area contributed by atoms with Gasteiger partial charge in [-0.3, -0.25) is 0 Å². The van der Waals surface area contributed by atoms with E-state index in [-0.39, 0.29) is 11.9 Å². The van der Waals surface area contributed by atoms with Crippen molar-refractivity contribution in [2.45, 2.75) is 39.0 Å². The average Bonchev–Trinajstić information content (AvgIpc) is 2.27. The van der Waals surface area contributed by atoms with Crippen LogP contribution in [0.5, 0.6) is 0 Å². The van der Waals surface area contributed by atoms with Gasteiger partial charge in [0, 0.05) is 17.4 Å². The Morgan fingerprint density at radius 1 is 1.35 bits per heavy atom. The van der Waals surface area contributed by atoms with Crippen LogP contribution in [0.1, 0.15) is 37.9 Å². The lowest BCUT2D eigenvalue weighted by molar-refractivity contribution is 0.544. The first kappa shape index (κ1) is 14.5. The van der Waals surface area contributed by atoms with Gasteiger partial charge in [-0.25, -0.2) is 4.39 Å². The molecule has 0 aliphatic carbocycles. The fourth-order valence-electron chi connectivity index (χ4n) is 1.72. The van der Waals surface area contributed by atoms with Crippen LogP contribution < -0.4 is 5.32 Å². The predicted molar refractivity (Wildman–Crippen MR) is 75.1 cm³/mol. The molecular weight excluding hydrogens is 233 g/mol. The van der Waals surface area contributed by atoms with Gasteiger partial charge in [-0.05, 0) is 24.8 Å². The lowest BCUT2D eigenvalue weighted by Crippen LogP contribution is -2.24. The molecule has 0 fully saturated rings. The summed E-state index contributed by atoms with van der Waals surface area (Å²) in [5.41, 5.74) is 1.90. The molecule has 1 N–H and O–H groups in total. The van der Waals surface area contributed by atoms with Gasteiger partial charge >= 0.3 is 0 Å². The van der Waals surface area contributed by atoms with E-state index in [0.29, 0.717) is 5.25 Å². The zero-order valence-electron chi connectivity index (χ0n) is 11.1. The van der Waals surface area contributed by atoms with Crippen molar-refractivity contribution in [3.8, 4) is 0 Å². The Labute approximate surface area is 108 Å². The van der Waals surface area contributed by atoms with Gasteiger partial charge in [-0.1, -0.05) is 38.5 Å². The van der Waals surface area contributed by atoms with Gasteiger partial charge in [0.15, 0.2) is 0 Å². The maximum Gasteiger partial charge on any atom is 0.128 e. The SMILES string of the molecule is CCNC(CSC(C)C)c1cc(C)ccc1F. The molecule has 0 saturated heterocycles. The number of hydrogen-bond donors (Lipinski definition) is 1. The van der Waals surface area contributed by atoms with Crippen molar-refractivity contribution in [3.05, 3.63) is 35.1 Å². The van der Waals surface area contributed by atoms with Crippen molar-refractivity contribution in [3.63, 3.8) is 0 Å². The van der Waals surface area contributed by atoms with Crippen LogP contribution in [0.25, 0.3) is 0 Å². The number of rotatable bonds is 6. The normalized spacial score (nSPS) is 13.1. The van der Waals surface area contributed by atoms with E-state index in [4.69, 9.17) is 0 Å². The van der Waals surface area contributed by atoms with E-state index in [9.17, 15) is 4.39 Å². The Morgan fingerprint density at radius 3 is 2.65 bits per heavy atom. The summed E-state index contributed by atoms with van der Waals surface area (Å²) < 4.78 is 13.8. The number of halogens is 1. The molecule has 0 radical (unpaired) electrons. The Kier molecular flexibility index (Phi) is 6.00. The summed E-state index contributed by atoms with van der Waals surface area (Å²) in [6, 6.07) is 5.43. The second kappa shape index (κ2) is 7.02. The molecule has 1 aromatic carbocycles. The zero-order chi connectivity index (χ0) is 12.8. The van der Waals surface area contributed by atoms with E-state index in [1.54, 1.807) is 6.07 Å². The van der Waals surface area contributed by atoms with Crippen molar-refractivity contribution >= 4 is 11.8 Å². The second-order valence-corrected chi connectivity index (χ2v) is 6.13. The molecule has 1 unspecified atom stereocenters. The first-order valence-electron chi connectivity index (χ1n) is 6.15. The Morgan fingerprint density at radius 2 is 2.06 bits per heavy atom. The molecule has 0 heterocycles. The first-order chi connectivity index (χ1) is 8.04. The van der Waals surface area contributed by atoms with E-state index < -0.39 is 0 Å². The van der Waals surface area contributed by atoms with E-state index in [0.717, 1.165) is 23.4 Å². The lowest BCUT2D eigenvalue weighted by atomic mass is 10.0.